The molecule has 0 saturated heterocycles. The molecule has 0 unspecified atom stereocenters. The fraction of sp³-hybridized carbons (Fsp3) is 0.125. The summed E-state index contributed by atoms with van der Waals surface area (Å²) in [6, 6.07) is 6.56. The Morgan fingerprint density at radius 2 is 2.30 bits per heavy atom. The molecule has 7 nitrogen and oxygen atoms in total. The van der Waals surface area contributed by atoms with Gasteiger partial charge >= 0.3 is 0 Å². The number of fused-ring (bicyclic) bond motifs is 1. The molecular formula is C16H13N5O2. The monoisotopic (exact) mass is 307 g/mol. The maximum atomic E-state index is 10.9. The summed E-state index contributed by atoms with van der Waals surface area (Å²) in [6.07, 6.45) is 7.48. The minimum atomic E-state index is -0.461. The van der Waals surface area contributed by atoms with E-state index in [4.69, 9.17) is 0 Å². The van der Waals surface area contributed by atoms with E-state index < -0.39 is 4.92 Å². The van der Waals surface area contributed by atoms with Crippen molar-refractivity contribution in [3.63, 3.8) is 0 Å². The highest BCUT2D eigenvalue weighted by Crippen LogP contribution is 2.26. The Morgan fingerprint density at radius 3 is 3.00 bits per heavy atom. The number of allylic oxidation sites excluding steroid dienone is 4. The van der Waals surface area contributed by atoms with E-state index in [1.807, 2.05) is 36.3 Å². The molecular weight excluding hydrogens is 294 g/mol. The number of likely N-dealkylation sites (N-methyl/N-ethyl adjacent to an activating group) is 1. The van der Waals surface area contributed by atoms with Crippen LogP contribution < -0.4 is 0 Å². The number of benzene rings is 1. The average molecular weight is 307 g/mol. The molecule has 1 aliphatic heterocycles. The van der Waals surface area contributed by atoms with Crippen LogP contribution in [0.3, 0.4) is 0 Å². The number of hydrogen-bond acceptors (Lipinski definition) is 5. The molecule has 2 heterocycles. The lowest BCUT2D eigenvalue weighted by Crippen LogP contribution is -2.18. The van der Waals surface area contributed by atoms with Crippen molar-refractivity contribution in [3.8, 4) is 6.07 Å². The number of rotatable bonds is 3. The van der Waals surface area contributed by atoms with E-state index in [1.54, 1.807) is 6.07 Å². The molecule has 3 rings (SSSR count). The zero-order valence-corrected chi connectivity index (χ0v) is 12.4. The van der Waals surface area contributed by atoms with Crippen molar-refractivity contribution < 1.29 is 4.92 Å². The molecule has 23 heavy (non-hydrogen) atoms. The van der Waals surface area contributed by atoms with Gasteiger partial charge in [0.1, 0.15) is 11.6 Å². The van der Waals surface area contributed by atoms with Crippen LogP contribution in [0.25, 0.3) is 16.6 Å². The van der Waals surface area contributed by atoms with E-state index >= 15 is 0 Å². The maximum Gasteiger partial charge on any atom is 0.271 e. The summed E-state index contributed by atoms with van der Waals surface area (Å²) in [5.41, 5.74) is 2.23. The molecule has 7 heteroatoms. The summed E-state index contributed by atoms with van der Waals surface area (Å²) in [4.78, 5) is 19.7. The first-order valence-electron chi connectivity index (χ1n) is 7.04. The normalized spacial score (nSPS) is 15.7. The van der Waals surface area contributed by atoms with E-state index in [0.29, 0.717) is 29.0 Å². The predicted octanol–water partition coefficient (Wildman–Crippen LogP) is 3.11. The van der Waals surface area contributed by atoms with Crippen molar-refractivity contribution in [1.29, 1.82) is 5.26 Å². The second kappa shape index (κ2) is 5.77. The Morgan fingerprint density at radius 1 is 1.48 bits per heavy atom. The van der Waals surface area contributed by atoms with Gasteiger partial charge in [0.05, 0.1) is 21.7 Å². The third-order valence-corrected chi connectivity index (χ3v) is 3.56. The fourth-order valence-electron chi connectivity index (χ4n) is 2.44. The largest absolute Gasteiger partial charge is 0.347 e. The summed E-state index contributed by atoms with van der Waals surface area (Å²) >= 11 is 0. The summed E-state index contributed by atoms with van der Waals surface area (Å²) < 4.78 is 0. The average Bonchev–Trinajstić information content (AvgIpc) is 2.98. The van der Waals surface area contributed by atoms with Crippen LogP contribution >= 0.6 is 0 Å². The number of nitro benzene ring substituents is 1. The molecule has 0 amide bonds. The minimum absolute atomic E-state index is 0.0189. The zero-order valence-electron chi connectivity index (χ0n) is 12.4. The van der Waals surface area contributed by atoms with Crippen molar-refractivity contribution in [2.75, 3.05) is 6.54 Å². The summed E-state index contributed by atoms with van der Waals surface area (Å²) in [5.74, 6) is 0.399. The van der Waals surface area contributed by atoms with Crippen LogP contribution in [0.2, 0.25) is 0 Å². The number of aromatic nitrogens is 2. The Bertz CT molecular complexity index is 914. The van der Waals surface area contributed by atoms with E-state index in [2.05, 4.69) is 16.0 Å². The quantitative estimate of drug-likeness (QED) is 0.533. The molecule has 0 fully saturated rings. The van der Waals surface area contributed by atoms with Gasteiger partial charge in [-0.3, -0.25) is 10.1 Å². The lowest BCUT2D eigenvalue weighted by Gasteiger charge is -2.22. The number of non-ortho nitro benzene ring substituents is 1. The lowest BCUT2D eigenvalue weighted by molar-refractivity contribution is -0.384. The third-order valence-electron chi connectivity index (χ3n) is 3.56. The van der Waals surface area contributed by atoms with Gasteiger partial charge in [-0.2, -0.15) is 5.26 Å². The van der Waals surface area contributed by atoms with Gasteiger partial charge in [0.2, 0.25) is 0 Å². The fourth-order valence-corrected chi connectivity index (χ4v) is 2.44. The number of nitrogens with zero attached hydrogens (tertiary/aromatic N) is 4. The highest BCUT2D eigenvalue weighted by molar-refractivity contribution is 5.85. The highest BCUT2D eigenvalue weighted by Gasteiger charge is 2.17. The summed E-state index contributed by atoms with van der Waals surface area (Å²) in [6.45, 7) is 2.70. The van der Waals surface area contributed by atoms with Gasteiger partial charge in [0.15, 0.2) is 5.82 Å². The zero-order chi connectivity index (χ0) is 16.4. The van der Waals surface area contributed by atoms with Crippen molar-refractivity contribution in [2.45, 2.75) is 6.92 Å². The topological polar surface area (TPSA) is 98.8 Å². The number of aromatic amines is 1. The Kier molecular flexibility index (Phi) is 3.65. The molecule has 114 valence electrons. The maximum absolute atomic E-state index is 10.9. The van der Waals surface area contributed by atoms with E-state index in [1.165, 1.54) is 12.1 Å². The van der Waals surface area contributed by atoms with Crippen molar-refractivity contribution in [3.05, 3.63) is 64.3 Å². The third kappa shape index (κ3) is 2.58. The second-order valence-electron chi connectivity index (χ2n) is 4.90. The van der Waals surface area contributed by atoms with Gasteiger partial charge in [-0.15, -0.1) is 0 Å². The molecule has 1 N–H and O–H groups in total. The van der Waals surface area contributed by atoms with E-state index in [9.17, 15) is 15.4 Å². The highest BCUT2D eigenvalue weighted by atomic mass is 16.6. The van der Waals surface area contributed by atoms with Gasteiger partial charge in [0, 0.05) is 24.9 Å². The number of hydrogen-bond donors (Lipinski definition) is 1. The van der Waals surface area contributed by atoms with Crippen molar-refractivity contribution in [1.82, 2.24) is 14.9 Å². The minimum Gasteiger partial charge on any atom is -0.347 e. The van der Waals surface area contributed by atoms with Gasteiger partial charge in [-0.25, -0.2) is 4.98 Å². The number of nitriles is 1. The van der Waals surface area contributed by atoms with Crippen LogP contribution in [0.5, 0.6) is 0 Å². The number of nitrogens with one attached hydrogen (secondary N) is 1. The van der Waals surface area contributed by atoms with Crippen molar-refractivity contribution in [2.24, 2.45) is 0 Å². The van der Waals surface area contributed by atoms with Gasteiger partial charge in [0.25, 0.3) is 5.69 Å². The molecule has 0 atom stereocenters. The summed E-state index contributed by atoms with van der Waals surface area (Å²) in [5, 5.41) is 20.4. The van der Waals surface area contributed by atoms with Gasteiger partial charge in [-0.1, -0.05) is 6.08 Å². The van der Waals surface area contributed by atoms with Crippen LogP contribution in [0, 0.1) is 21.4 Å². The predicted molar refractivity (Wildman–Crippen MR) is 85.9 cm³/mol. The van der Waals surface area contributed by atoms with Gasteiger partial charge < -0.3 is 9.88 Å². The number of H-pyrrole nitrogens is 1. The molecule has 0 saturated carbocycles. The standard InChI is InChI=1S/C16H13N5O2/c1-2-20-8-4-3-5-15(20)12(10-17)16-18-13-7-6-11(21(22)23)9-14(13)19-16/h3-9H,2H2,1H3,(H,18,19)/b15-12+. The molecule has 1 aliphatic rings. The molecule has 0 bridgehead atoms. The van der Waals surface area contributed by atoms with E-state index in [0.717, 1.165) is 5.70 Å². The van der Waals surface area contributed by atoms with Gasteiger partial charge in [-0.05, 0) is 25.1 Å². The van der Waals surface area contributed by atoms with Crippen LogP contribution in [0.1, 0.15) is 12.7 Å². The lowest BCUT2D eigenvalue weighted by atomic mass is 10.1. The number of nitro groups is 1. The Labute approximate surface area is 132 Å². The first kappa shape index (κ1) is 14.5. The van der Waals surface area contributed by atoms with Crippen LogP contribution in [0.15, 0.2) is 48.3 Å². The van der Waals surface area contributed by atoms with Crippen LogP contribution in [0.4, 0.5) is 5.69 Å². The summed E-state index contributed by atoms with van der Waals surface area (Å²) in [7, 11) is 0. The smallest absolute Gasteiger partial charge is 0.271 e. The molecule has 0 radical (unpaired) electrons. The Hall–Kier alpha value is -3.40. The first-order valence-corrected chi connectivity index (χ1v) is 7.04. The first-order chi connectivity index (χ1) is 11.1. The number of imidazole rings is 1. The molecule has 0 spiro atoms. The second-order valence-corrected chi connectivity index (χ2v) is 4.90. The van der Waals surface area contributed by atoms with Crippen molar-refractivity contribution >= 4 is 22.3 Å². The van der Waals surface area contributed by atoms with Crippen LogP contribution in [-0.2, 0) is 0 Å². The SMILES string of the molecule is CCN1C=CC=C/C1=C(/C#N)c1nc2ccc([N+](=O)[O-])cc2[nH]1. The Balaban J connectivity index is 2.14. The molecule has 1 aromatic carbocycles. The molecule has 2 aromatic rings. The van der Waals surface area contributed by atoms with Crippen LogP contribution in [-0.4, -0.2) is 26.3 Å². The molecule has 1 aromatic heterocycles. The van der Waals surface area contributed by atoms with E-state index in [-0.39, 0.29) is 5.69 Å². The molecule has 0 aliphatic carbocycles.